The fourth-order valence-corrected chi connectivity index (χ4v) is 2.94. The van der Waals surface area contributed by atoms with Crippen LogP contribution in [0.15, 0.2) is 29.2 Å². The normalized spacial score (nSPS) is 18.2. The van der Waals surface area contributed by atoms with Crippen LogP contribution in [0.25, 0.3) is 0 Å². The molecule has 1 atom stereocenters. The number of pyridine rings is 1. The molecule has 2 aromatic rings. The molecule has 2 heterocycles. The second-order valence-corrected chi connectivity index (χ2v) is 5.04. The van der Waals surface area contributed by atoms with Gasteiger partial charge in [-0.2, -0.15) is 0 Å². The lowest BCUT2D eigenvalue weighted by atomic mass is 10.2. The van der Waals surface area contributed by atoms with Crippen LogP contribution in [0.4, 0.5) is 0 Å². The van der Waals surface area contributed by atoms with Crippen molar-refractivity contribution >= 4 is 11.3 Å². The van der Waals surface area contributed by atoms with Gasteiger partial charge in [-0.3, -0.25) is 4.98 Å². The first-order valence-electron chi connectivity index (χ1n) is 5.98. The Balaban J connectivity index is 1.57. The molecule has 1 N–H and O–H groups in total. The molecule has 2 aromatic heterocycles. The molecule has 88 valence electrons. The number of nitrogens with one attached hydrogen (secondary N) is 1. The van der Waals surface area contributed by atoms with E-state index >= 15 is 0 Å². The van der Waals surface area contributed by atoms with Crippen molar-refractivity contribution in [1.82, 2.24) is 15.3 Å². The Bertz CT molecular complexity index is 481. The highest BCUT2D eigenvalue weighted by atomic mass is 32.1. The minimum atomic E-state index is 0.435. The smallest absolute Gasteiger partial charge is 0.0794 e. The summed E-state index contributed by atoms with van der Waals surface area (Å²) in [4.78, 5) is 8.77. The van der Waals surface area contributed by atoms with E-state index in [9.17, 15) is 0 Å². The monoisotopic (exact) mass is 245 g/mol. The van der Waals surface area contributed by atoms with Crippen LogP contribution in [0.3, 0.4) is 0 Å². The maximum Gasteiger partial charge on any atom is 0.0794 e. The van der Waals surface area contributed by atoms with E-state index in [1.54, 1.807) is 11.3 Å². The largest absolute Gasteiger partial charge is 0.308 e. The number of aryl methyl sites for hydroxylation is 1. The fraction of sp³-hybridized carbons (Fsp3) is 0.385. The second kappa shape index (κ2) is 4.94. The van der Waals surface area contributed by atoms with E-state index in [-0.39, 0.29) is 0 Å². The van der Waals surface area contributed by atoms with Crippen LogP contribution in [0.2, 0.25) is 0 Å². The van der Waals surface area contributed by atoms with E-state index in [1.807, 2.05) is 17.8 Å². The summed E-state index contributed by atoms with van der Waals surface area (Å²) in [6.45, 7) is 0.977. The van der Waals surface area contributed by atoms with Crippen LogP contribution in [0, 0.1) is 0 Å². The maximum atomic E-state index is 4.48. The summed E-state index contributed by atoms with van der Waals surface area (Å²) >= 11 is 1.66. The number of nitrogens with zero attached hydrogens (tertiary/aromatic N) is 2. The van der Waals surface area contributed by atoms with Gasteiger partial charge in [0, 0.05) is 24.5 Å². The van der Waals surface area contributed by atoms with E-state index in [2.05, 4.69) is 26.7 Å². The summed E-state index contributed by atoms with van der Waals surface area (Å²) < 4.78 is 0. The van der Waals surface area contributed by atoms with Crippen LogP contribution < -0.4 is 5.32 Å². The zero-order valence-corrected chi connectivity index (χ0v) is 10.4. The third kappa shape index (κ3) is 2.37. The predicted molar refractivity (Wildman–Crippen MR) is 69.1 cm³/mol. The van der Waals surface area contributed by atoms with Crippen molar-refractivity contribution < 1.29 is 0 Å². The zero-order valence-electron chi connectivity index (χ0n) is 9.60. The molecular weight excluding hydrogens is 230 g/mol. The average Bonchev–Trinajstić information content (AvgIpc) is 2.99. The van der Waals surface area contributed by atoms with Gasteiger partial charge < -0.3 is 5.32 Å². The third-order valence-electron chi connectivity index (χ3n) is 3.21. The molecule has 1 aliphatic carbocycles. The van der Waals surface area contributed by atoms with Crippen molar-refractivity contribution in [3.63, 3.8) is 0 Å². The molecule has 0 amide bonds. The molecule has 0 saturated carbocycles. The topological polar surface area (TPSA) is 37.8 Å². The number of hydrogen-bond donors (Lipinski definition) is 1. The van der Waals surface area contributed by atoms with Crippen LogP contribution in [-0.4, -0.2) is 16.5 Å². The number of fused-ring (bicyclic) bond motifs is 1. The molecule has 0 bridgehead atoms. The highest BCUT2D eigenvalue weighted by Crippen LogP contribution is 2.28. The van der Waals surface area contributed by atoms with Gasteiger partial charge in [0.2, 0.25) is 0 Å². The average molecular weight is 245 g/mol. The Morgan fingerprint density at radius 2 is 2.41 bits per heavy atom. The highest BCUT2D eigenvalue weighted by molar-refractivity contribution is 7.07. The summed E-state index contributed by atoms with van der Waals surface area (Å²) in [5.41, 5.74) is 5.72. The standard InChI is InChI=1S/C13H15N3S/c1-2-10-3-4-12(13(10)15-6-1)14-7-5-11-8-17-9-16-11/h1-2,6,8-9,12,14H,3-5,7H2. The molecule has 0 radical (unpaired) electrons. The number of aromatic nitrogens is 2. The van der Waals surface area contributed by atoms with Gasteiger partial charge in [-0.1, -0.05) is 6.07 Å². The molecular formula is C13H15N3S. The molecule has 4 heteroatoms. The summed E-state index contributed by atoms with van der Waals surface area (Å²) in [5.74, 6) is 0. The minimum absolute atomic E-state index is 0.435. The van der Waals surface area contributed by atoms with Crippen molar-refractivity contribution in [3.05, 3.63) is 46.2 Å². The minimum Gasteiger partial charge on any atom is -0.308 e. The molecule has 3 nitrogen and oxygen atoms in total. The van der Waals surface area contributed by atoms with E-state index in [1.165, 1.54) is 23.4 Å². The molecule has 3 rings (SSSR count). The van der Waals surface area contributed by atoms with Crippen molar-refractivity contribution in [2.24, 2.45) is 0 Å². The quantitative estimate of drug-likeness (QED) is 0.898. The fourth-order valence-electron chi connectivity index (χ4n) is 2.35. The summed E-state index contributed by atoms with van der Waals surface area (Å²) in [5, 5.41) is 5.69. The lowest BCUT2D eigenvalue weighted by Crippen LogP contribution is -2.22. The van der Waals surface area contributed by atoms with E-state index in [0.717, 1.165) is 19.4 Å². The number of hydrogen-bond acceptors (Lipinski definition) is 4. The van der Waals surface area contributed by atoms with Gasteiger partial charge in [0.15, 0.2) is 0 Å². The Kier molecular flexibility index (Phi) is 3.16. The van der Waals surface area contributed by atoms with E-state index < -0.39 is 0 Å². The van der Waals surface area contributed by atoms with Crippen molar-refractivity contribution in [3.8, 4) is 0 Å². The van der Waals surface area contributed by atoms with Gasteiger partial charge >= 0.3 is 0 Å². The molecule has 0 saturated heterocycles. The van der Waals surface area contributed by atoms with Gasteiger partial charge in [0.25, 0.3) is 0 Å². The van der Waals surface area contributed by atoms with Gasteiger partial charge in [0.1, 0.15) is 0 Å². The van der Waals surface area contributed by atoms with Gasteiger partial charge in [-0.25, -0.2) is 4.98 Å². The first kappa shape index (κ1) is 10.9. The number of rotatable bonds is 4. The molecule has 0 spiro atoms. The van der Waals surface area contributed by atoms with Gasteiger partial charge in [-0.15, -0.1) is 11.3 Å². The van der Waals surface area contributed by atoms with E-state index in [0.29, 0.717) is 6.04 Å². The van der Waals surface area contributed by atoms with Crippen LogP contribution in [0.5, 0.6) is 0 Å². The Morgan fingerprint density at radius 1 is 1.41 bits per heavy atom. The Hall–Kier alpha value is -1.26. The maximum absolute atomic E-state index is 4.48. The lowest BCUT2D eigenvalue weighted by Gasteiger charge is -2.12. The molecule has 0 aromatic carbocycles. The Labute approximate surface area is 105 Å². The summed E-state index contributed by atoms with van der Waals surface area (Å²) in [6.07, 6.45) is 5.21. The molecule has 0 fully saturated rings. The first-order chi connectivity index (χ1) is 8.43. The van der Waals surface area contributed by atoms with Crippen molar-refractivity contribution in [2.75, 3.05) is 6.54 Å². The molecule has 1 aliphatic rings. The van der Waals surface area contributed by atoms with Gasteiger partial charge in [-0.05, 0) is 24.5 Å². The summed E-state index contributed by atoms with van der Waals surface area (Å²) in [7, 11) is 0. The predicted octanol–water partition coefficient (Wildman–Crippen LogP) is 2.36. The van der Waals surface area contributed by atoms with Crippen LogP contribution in [0.1, 0.15) is 29.4 Å². The number of thiazole rings is 1. The molecule has 17 heavy (non-hydrogen) atoms. The Morgan fingerprint density at radius 3 is 3.29 bits per heavy atom. The SMILES string of the molecule is c1cnc2c(c1)CCC2NCCc1cscn1. The van der Waals surface area contributed by atoms with Gasteiger partial charge in [0.05, 0.1) is 22.9 Å². The first-order valence-corrected chi connectivity index (χ1v) is 6.92. The third-order valence-corrected chi connectivity index (χ3v) is 3.85. The van der Waals surface area contributed by atoms with E-state index in [4.69, 9.17) is 0 Å². The zero-order chi connectivity index (χ0) is 11.5. The van der Waals surface area contributed by atoms with Crippen LogP contribution >= 0.6 is 11.3 Å². The van der Waals surface area contributed by atoms with Crippen LogP contribution in [-0.2, 0) is 12.8 Å². The molecule has 1 unspecified atom stereocenters. The van der Waals surface area contributed by atoms with Crippen molar-refractivity contribution in [2.45, 2.75) is 25.3 Å². The summed E-state index contributed by atoms with van der Waals surface area (Å²) in [6, 6.07) is 4.64. The second-order valence-electron chi connectivity index (χ2n) is 4.32. The molecule has 0 aliphatic heterocycles. The highest BCUT2D eigenvalue weighted by Gasteiger charge is 2.22. The van der Waals surface area contributed by atoms with Crippen molar-refractivity contribution in [1.29, 1.82) is 0 Å². The lowest BCUT2D eigenvalue weighted by molar-refractivity contribution is 0.523.